The molecule has 0 spiro atoms. The standard InChI is InChI=1S/C11H15BrO2/c12-11-5-3-9(4-6-11)1-2-10(7-13)8-14/h3-6,10,13-14H,1-2,7-8H2. The van der Waals surface area contributed by atoms with E-state index in [-0.39, 0.29) is 19.1 Å². The molecule has 0 aromatic heterocycles. The molecule has 0 saturated carbocycles. The predicted molar refractivity (Wildman–Crippen MR) is 60.1 cm³/mol. The molecule has 0 fully saturated rings. The lowest BCUT2D eigenvalue weighted by Gasteiger charge is -2.10. The van der Waals surface area contributed by atoms with Gasteiger partial charge in [0.05, 0.1) is 0 Å². The Labute approximate surface area is 92.7 Å². The minimum absolute atomic E-state index is 0.0126. The van der Waals surface area contributed by atoms with Gasteiger partial charge < -0.3 is 10.2 Å². The number of halogens is 1. The molecule has 1 aromatic rings. The van der Waals surface area contributed by atoms with Crippen LogP contribution in [0.2, 0.25) is 0 Å². The first-order valence-electron chi connectivity index (χ1n) is 4.72. The van der Waals surface area contributed by atoms with Crippen LogP contribution >= 0.6 is 15.9 Å². The molecule has 1 rings (SSSR count). The molecule has 1 aromatic carbocycles. The van der Waals surface area contributed by atoms with Crippen molar-refractivity contribution in [2.24, 2.45) is 5.92 Å². The fraction of sp³-hybridized carbons (Fsp3) is 0.455. The minimum atomic E-state index is 0.0126. The first-order chi connectivity index (χ1) is 6.76. The van der Waals surface area contributed by atoms with Gasteiger partial charge in [-0.25, -0.2) is 0 Å². The summed E-state index contributed by atoms with van der Waals surface area (Å²) in [5, 5.41) is 17.8. The highest BCUT2D eigenvalue weighted by atomic mass is 79.9. The summed E-state index contributed by atoms with van der Waals surface area (Å²) < 4.78 is 1.07. The fourth-order valence-corrected chi connectivity index (χ4v) is 1.53. The normalized spacial score (nSPS) is 10.9. The number of hydrogen-bond acceptors (Lipinski definition) is 2. The maximum absolute atomic E-state index is 8.88. The van der Waals surface area contributed by atoms with Crippen molar-refractivity contribution in [1.82, 2.24) is 0 Å². The summed E-state index contributed by atoms with van der Waals surface area (Å²) in [4.78, 5) is 0. The molecule has 0 unspecified atom stereocenters. The van der Waals surface area contributed by atoms with Gasteiger partial charge >= 0.3 is 0 Å². The van der Waals surface area contributed by atoms with Gasteiger partial charge in [0.15, 0.2) is 0 Å². The second kappa shape index (κ2) is 6.17. The van der Waals surface area contributed by atoms with Crippen LogP contribution in [0.3, 0.4) is 0 Å². The average Bonchev–Trinajstić information content (AvgIpc) is 2.22. The number of hydrogen-bond donors (Lipinski definition) is 2. The van der Waals surface area contributed by atoms with E-state index in [1.54, 1.807) is 0 Å². The third kappa shape index (κ3) is 3.78. The number of aryl methyl sites for hydroxylation is 1. The van der Waals surface area contributed by atoms with Crippen molar-refractivity contribution in [3.8, 4) is 0 Å². The van der Waals surface area contributed by atoms with Crippen molar-refractivity contribution in [3.05, 3.63) is 34.3 Å². The summed E-state index contributed by atoms with van der Waals surface area (Å²) in [6.45, 7) is 0.125. The largest absolute Gasteiger partial charge is 0.396 e. The molecular weight excluding hydrogens is 244 g/mol. The second-order valence-electron chi connectivity index (χ2n) is 3.40. The predicted octanol–water partition coefficient (Wildman–Crippen LogP) is 1.98. The van der Waals surface area contributed by atoms with Gasteiger partial charge in [-0.15, -0.1) is 0 Å². The third-order valence-electron chi connectivity index (χ3n) is 2.27. The molecule has 0 atom stereocenters. The molecule has 2 nitrogen and oxygen atoms in total. The van der Waals surface area contributed by atoms with E-state index < -0.39 is 0 Å². The molecule has 3 heteroatoms. The zero-order valence-electron chi connectivity index (χ0n) is 7.99. The van der Waals surface area contributed by atoms with Crippen molar-refractivity contribution in [3.63, 3.8) is 0 Å². The summed E-state index contributed by atoms with van der Waals surface area (Å²) in [5.41, 5.74) is 1.24. The highest BCUT2D eigenvalue weighted by Crippen LogP contribution is 2.13. The summed E-state index contributed by atoms with van der Waals surface area (Å²) >= 11 is 3.37. The molecule has 0 aliphatic carbocycles. The molecule has 0 saturated heterocycles. The first-order valence-corrected chi connectivity index (χ1v) is 5.51. The zero-order chi connectivity index (χ0) is 10.4. The molecule has 0 bridgehead atoms. The summed E-state index contributed by atoms with van der Waals surface area (Å²) in [6.07, 6.45) is 1.73. The Balaban J connectivity index is 2.41. The van der Waals surface area contributed by atoms with Crippen molar-refractivity contribution in [1.29, 1.82) is 0 Å². The molecular formula is C11H15BrO2. The minimum Gasteiger partial charge on any atom is -0.396 e. The smallest absolute Gasteiger partial charge is 0.0481 e. The van der Waals surface area contributed by atoms with E-state index in [0.717, 1.165) is 17.3 Å². The molecule has 78 valence electrons. The van der Waals surface area contributed by atoms with Crippen LogP contribution in [0.1, 0.15) is 12.0 Å². The highest BCUT2D eigenvalue weighted by molar-refractivity contribution is 9.10. The topological polar surface area (TPSA) is 40.5 Å². The van der Waals surface area contributed by atoms with Crippen LogP contribution in [0.4, 0.5) is 0 Å². The molecule has 0 aliphatic heterocycles. The lowest BCUT2D eigenvalue weighted by atomic mass is 10.0. The summed E-state index contributed by atoms with van der Waals surface area (Å²) in [7, 11) is 0. The van der Waals surface area contributed by atoms with Crippen molar-refractivity contribution in [2.45, 2.75) is 12.8 Å². The SMILES string of the molecule is OCC(CO)CCc1ccc(Br)cc1. The van der Waals surface area contributed by atoms with Crippen LogP contribution in [-0.4, -0.2) is 23.4 Å². The van der Waals surface area contributed by atoms with E-state index in [1.165, 1.54) is 5.56 Å². The van der Waals surface area contributed by atoms with Crippen molar-refractivity contribution >= 4 is 15.9 Å². The Hall–Kier alpha value is -0.380. The van der Waals surface area contributed by atoms with Crippen LogP contribution in [0.15, 0.2) is 28.7 Å². The van der Waals surface area contributed by atoms with E-state index >= 15 is 0 Å². The van der Waals surface area contributed by atoms with E-state index in [0.29, 0.717) is 0 Å². The van der Waals surface area contributed by atoms with Gasteiger partial charge in [-0.3, -0.25) is 0 Å². The average molecular weight is 259 g/mol. The van der Waals surface area contributed by atoms with Crippen LogP contribution in [0.5, 0.6) is 0 Å². The van der Waals surface area contributed by atoms with Crippen LogP contribution in [-0.2, 0) is 6.42 Å². The van der Waals surface area contributed by atoms with Crippen molar-refractivity contribution in [2.75, 3.05) is 13.2 Å². The summed E-state index contributed by atoms with van der Waals surface area (Å²) in [6, 6.07) is 8.11. The number of aliphatic hydroxyl groups excluding tert-OH is 2. The van der Waals surface area contributed by atoms with Gasteiger partial charge in [0.2, 0.25) is 0 Å². The molecule has 0 aliphatic rings. The van der Waals surface area contributed by atoms with Gasteiger partial charge in [-0.1, -0.05) is 28.1 Å². The zero-order valence-corrected chi connectivity index (χ0v) is 9.57. The Morgan fingerprint density at radius 2 is 1.64 bits per heavy atom. The van der Waals surface area contributed by atoms with Crippen LogP contribution < -0.4 is 0 Å². The molecule has 0 heterocycles. The van der Waals surface area contributed by atoms with Crippen LogP contribution in [0, 0.1) is 5.92 Å². The Morgan fingerprint density at radius 1 is 1.07 bits per heavy atom. The fourth-order valence-electron chi connectivity index (χ4n) is 1.26. The quantitative estimate of drug-likeness (QED) is 0.848. The molecule has 0 amide bonds. The monoisotopic (exact) mass is 258 g/mol. The van der Waals surface area contributed by atoms with Crippen LogP contribution in [0.25, 0.3) is 0 Å². The number of benzene rings is 1. The van der Waals surface area contributed by atoms with Gasteiger partial charge in [0.25, 0.3) is 0 Å². The van der Waals surface area contributed by atoms with Gasteiger partial charge in [-0.05, 0) is 30.5 Å². The maximum Gasteiger partial charge on any atom is 0.0481 e. The van der Waals surface area contributed by atoms with Crippen molar-refractivity contribution < 1.29 is 10.2 Å². The van der Waals surface area contributed by atoms with Gasteiger partial charge in [0, 0.05) is 23.6 Å². The van der Waals surface area contributed by atoms with E-state index in [2.05, 4.69) is 28.1 Å². The third-order valence-corrected chi connectivity index (χ3v) is 2.80. The summed E-state index contributed by atoms with van der Waals surface area (Å²) in [5.74, 6) is 0.0126. The van der Waals surface area contributed by atoms with E-state index in [9.17, 15) is 0 Å². The highest BCUT2D eigenvalue weighted by Gasteiger charge is 2.05. The van der Waals surface area contributed by atoms with E-state index in [4.69, 9.17) is 10.2 Å². The lowest BCUT2D eigenvalue weighted by molar-refractivity contribution is 0.144. The number of aliphatic hydroxyl groups is 2. The maximum atomic E-state index is 8.88. The lowest BCUT2D eigenvalue weighted by Crippen LogP contribution is -2.11. The molecule has 2 N–H and O–H groups in total. The Kier molecular flexibility index (Phi) is 5.15. The Morgan fingerprint density at radius 3 is 2.14 bits per heavy atom. The van der Waals surface area contributed by atoms with Gasteiger partial charge in [0.1, 0.15) is 0 Å². The first kappa shape index (κ1) is 11.7. The molecule has 0 radical (unpaired) electrons. The van der Waals surface area contributed by atoms with Gasteiger partial charge in [-0.2, -0.15) is 0 Å². The second-order valence-corrected chi connectivity index (χ2v) is 4.31. The number of rotatable bonds is 5. The molecule has 14 heavy (non-hydrogen) atoms. The van der Waals surface area contributed by atoms with E-state index in [1.807, 2.05) is 12.1 Å². The Bertz CT molecular complexity index is 254.